The van der Waals surface area contributed by atoms with Crippen LogP contribution in [-0.2, 0) is 10.0 Å². The topological polar surface area (TPSA) is 49.4 Å². The van der Waals surface area contributed by atoms with Crippen LogP contribution < -0.4 is 5.32 Å². The van der Waals surface area contributed by atoms with E-state index < -0.39 is 10.0 Å². The summed E-state index contributed by atoms with van der Waals surface area (Å²) in [7, 11) is -1.66. The third kappa shape index (κ3) is 3.33. The molecule has 4 nitrogen and oxygen atoms in total. The van der Waals surface area contributed by atoms with Gasteiger partial charge >= 0.3 is 0 Å². The Balaban J connectivity index is 2.05. The molecule has 18 heavy (non-hydrogen) atoms. The van der Waals surface area contributed by atoms with Crippen molar-refractivity contribution in [1.82, 2.24) is 9.62 Å². The van der Waals surface area contributed by atoms with E-state index in [0.717, 1.165) is 29.7 Å². The molecule has 1 aromatic rings. The van der Waals surface area contributed by atoms with Crippen molar-refractivity contribution in [3.8, 4) is 0 Å². The van der Waals surface area contributed by atoms with Crippen molar-refractivity contribution in [2.45, 2.75) is 17.1 Å². The van der Waals surface area contributed by atoms with Crippen molar-refractivity contribution in [2.75, 3.05) is 26.7 Å². The van der Waals surface area contributed by atoms with E-state index in [-0.39, 0.29) is 0 Å². The van der Waals surface area contributed by atoms with Crippen molar-refractivity contribution in [1.29, 1.82) is 0 Å². The Kier molecular flexibility index (Phi) is 4.82. The molecule has 0 spiro atoms. The molecule has 0 saturated carbocycles. The van der Waals surface area contributed by atoms with E-state index in [4.69, 9.17) is 0 Å². The third-order valence-electron chi connectivity index (χ3n) is 3.13. The molecule has 1 fully saturated rings. The number of sulfonamides is 1. The first-order valence-corrected chi connectivity index (χ1v) is 8.97. The number of nitrogens with zero attached hydrogens (tertiary/aromatic N) is 1. The van der Waals surface area contributed by atoms with Gasteiger partial charge in [-0.2, -0.15) is 4.31 Å². The molecular formula is C11H17BrN2O2S2. The average molecular weight is 353 g/mol. The van der Waals surface area contributed by atoms with Crippen LogP contribution in [0.25, 0.3) is 0 Å². The molecule has 1 atom stereocenters. The van der Waals surface area contributed by atoms with Crippen LogP contribution in [0, 0.1) is 5.92 Å². The molecule has 0 radical (unpaired) electrons. The van der Waals surface area contributed by atoms with E-state index in [1.54, 1.807) is 19.2 Å². The van der Waals surface area contributed by atoms with E-state index in [1.807, 2.05) is 0 Å². The average Bonchev–Trinajstić information content (AvgIpc) is 2.78. The number of piperidine rings is 1. The predicted molar refractivity (Wildman–Crippen MR) is 77.4 cm³/mol. The molecule has 1 aliphatic rings. The molecule has 0 aromatic carbocycles. The fraction of sp³-hybridized carbons (Fsp3) is 0.636. The van der Waals surface area contributed by atoms with Crippen LogP contribution in [0.2, 0.25) is 0 Å². The molecule has 7 heteroatoms. The normalized spacial score (nSPS) is 21.4. The maximum atomic E-state index is 12.3. The zero-order valence-corrected chi connectivity index (χ0v) is 13.4. The van der Waals surface area contributed by atoms with E-state index in [1.165, 1.54) is 15.6 Å². The Morgan fingerprint density at radius 1 is 1.56 bits per heavy atom. The fourth-order valence-corrected chi connectivity index (χ4v) is 5.60. The van der Waals surface area contributed by atoms with Gasteiger partial charge in [0.05, 0.1) is 3.79 Å². The first-order chi connectivity index (χ1) is 8.50. The summed E-state index contributed by atoms with van der Waals surface area (Å²) in [5.41, 5.74) is 0. The summed E-state index contributed by atoms with van der Waals surface area (Å²) in [6.07, 6.45) is 2.23. The van der Waals surface area contributed by atoms with E-state index in [9.17, 15) is 8.42 Å². The van der Waals surface area contributed by atoms with Crippen molar-refractivity contribution >= 4 is 37.3 Å². The maximum absolute atomic E-state index is 12.3. The van der Waals surface area contributed by atoms with Crippen LogP contribution in [0.1, 0.15) is 12.8 Å². The Labute approximate surface area is 121 Å². The number of halogens is 1. The SMILES string of the molecule is CN(C[C@@H]1CCCNC1)S(=O)(=O)c1ccc(Br)s1. The standard InChI is InChI=1S/C11H17BrN2O2S2/c1-14(8-9-3-2-6-13-7-9)18(15,16)11-5-4-10(12)17-11/h4-5,9,13H,2-3,6-8H2,1H3/t9-/m1/s1. The minimum absolute atomic E-state index is 0.403. The molecule has 0 amide bonds. The van der Waals surface area contributed by atoms with Crippen LogP contribution in [-0.4, -0.2) is 39.4 Å². The van der Waals surface area contributed by atoms with Gasteiger partial charge in [0.15, 0.2) is 0 Å². The molecule has 1 aliphatic heterocycles. The molecule has 0 unspecified atom stereocenters. The largest absolute Gasteiger partial charge is 0.316 e. The monoisotopic (exact) mass is 352 g/mol. The van der Waals surface area contributed by atoms with Gasteiger partial charge in [-0.15, -0.1) is 11.3 Å². The minimum atomic E-state index is -3.32. The highest BCUT2D eigenvalue weighted by Gasteiger charge is 2.25. The summed E-state index contributed by atoms with van der Waals surface area (Å²) in [5.74, 6) is 0.418. The van der Waals surface area contributed by atoms with Crippen molar-refractivity contribution in [3.05, 3.63) is 15.9 Å². The second-order valence-corrected chi connectivity index (χ2v) is 9.29. The Morgan fingerprint density at radius 2 is 2.33 bits per heavy atom. The second kappa shape index (κ2) is 6.00. The van der Waals surface area contributed by atoms with Gasteiger partial charge in [-0.3, -0.25) is 0 Å². The zero-order chi connectivity index (χ0) is 13.2. The molecule has 2 rings (SSSR count). The summed E-state index contributed by atoms with van der Waals surface area (Å²) < 4.78 is 27.3. The summed E-state index contributed by atoms with van der Waals surface area (Å²) in [6, 6.07) is 3.42. The minimum Gasteiger partial charge on any atom is -0.316 e. The van der Waals surface area contributed by atoms with Gasteiger partial charge in [0.2, 0.25) is 0 Å². The number of thiophene rings is 1. The molecule has 0 aliphatic carbocycles. The van der Waals surface area contributed by atoms with Crippen LogP contribution in [0.5, 0.6) is 0 Å². The molecule has 2 heterocycles. The molecular weight excluding hydrogens is 336 g/mol. The Hall–Kier alpha value is 0.0500. The molecule has 1 saturated heterocycles. The molecule has 1 aromatic heterocycles. The third-order valence-corrected chi connectivity index (χ3v) is 7.04. The van der Waals surface area contributed by atoms with Crippen LogP contribution in [0.15, 0.2) is 20.1 Å². The lowest BCUT2D eigenvalue weighted by Crippen LogP contribution is -2.38. The highest BCUT2D eigenvalue weighted by molar-refractivity contribution is 9.11. The van der Waals surface area contributed by atoms with Crippen LogP contribution >= 0.6 is 27.3 Å². The molecule has 102 valence electrons. The lowest BCUT2D eigenvalue weighted by molar-refractivity contribution is 0.315. The summed E-state index contributed by atoms with van der Waals surface area (Å²) in [4.78, 5) is 0. The lowest BCUT2D eigenvalue weighted by atomic mass is 10.00. The fourth-order valence-electron chi connectivity index (χ4n) is 2.13. The molecule has 1 N–H and O–H groups in total. The summed E-state index contributed by atoms with van der Waals surface area (Å²) in [5, 5.41) is 3.31. The van der Waals surface area contributed by atoms with Gasteiger partial charge in [-0.25, -0.2) is 8.42 Å². The van der Waals surface area contributed by atoms with Crippen molar-refractivity contribution in [2.24, 2.45) is 5.92 Å². The zero-order valence-electron chi connectivity index (χ0n) is 10.2. The van der Waals surface area contributed by atoms with Gasteiger partial charge in [-0.05, 0) is 59.9 Å². The number of nitrogens with one attached hydrogen (secondary N) is 1. The van der Waals surface area contributed by atoms with Crippen molar-refractivity contribution < 1.29 is 8.42 Å². The van der Waals surface area contributed by atoms with Gasteiger partial charge in [0, 0.05) is 13.6 Å². The number of hydrogen-bond acceptors (Lipinski definition) is 4. The van der Waals surface area contributed by atoms with Crippen LogP contribution in [0.3, 0.4) is 0 Å². The van der Waals surface area contributed by atoms with E-state index in [2.05, 4.69) is 21.2 Å². The van der Waals surface area contributed by atoms with E-state index in [0.29, 0.717) is 16.7 Å². The smallest absolute Gasteiger partial charge is 0.252 e. The number of hydrogen-bond donors (Lipinski definition) is 1. The lowest BCUT2D eigenvalue weighted by Gasteiger charge is -2.26. The first kappa shape index (κ1) is 14.5. The summed E-state index contributed by atoms with van der Waals surface area (Å²) >= 11 is 4.55. The quantitative estimate of drug-likeness (QED) is 0.902. The van der Waals surface area contributed by atoms with Gasteiger partial charge in [-0.1, -0.05) is 0 Å². The van der Waals surface area contributed by atoms with Gasteiger partial charge < -0.3 is 5.32 Å². The van der Waals surface area contributed by atoms with E-state index >= 15 is 0 Å². The Bertz CT molecular complexity index is 495. The maximum Gasteiger partial charge on any atom is 0.252 e. The first-order valence-electron chi connectivity index (χ1n) is 5.92. The van der Waals surface area contributed by atoms with Crippen molar-refractivity contribution in [3.63, 3.8) is 0 Å². The highest BCUT2D eigenvalue weighted by atomic mass is 79.9. The highest BCUT2D eigenvalue weighted by Crippen LogP contribution is 2.28. The second-order valence-electron chi connectivity index (χ2n) is 4.56. The number of rotatable bonds is 4. The Morgan fingerprint density at radius 3 is 2.89 bits per heavy atom. The van der Waals surface area contributed by atoms with Crippen LogP contribution in [0.4, 0.5) is 0 Å². The van der Waals surface area contributed by atoms with Gasteiger partial charge in [0.1, 0.15) is 4.21 Å². The predicted octanol–water partition coefficient (Wildman–Crippen LogP) is 2.13. The van der Waals surface area contributed by atoms with Gasteiger partial charge in [0.25, 0.3) is 10.0 Å². The summed E-state index contributed by atoms with van der Waals surface area (Å²) in [6.45, 7) is 2.55. The molecule has 0 bridgehead atoms.